The summed E-state index contributed by atoms with van der Waals surface area (Å²) in [7, 11) is 1.88. The predicted molar refractivity (Wildman–Crippen MR) is 144 cm³/mol. The first kappa shape index (κ1) is 27.5. The molecule has 4 rings (SSSR count). The summed E-state index contributed by atoms with van der Waals surface area (Å²) in [5.41, 5.74) is 1.20. The average Bonchev–Trinajstić information content (AvgIpc) is 2.95. The zero-order chi connectivity index (χ0) is 28.8. The largest absolute Gasteiger partial charge is 0.457 e. The Hall–Kier alpha value is -5.50. The van der Waals surface area contributed by atoms with Crippen molar-refractivity contribution in [1.82, 2.24) is 0 Å². The van der Waals surface area contributed by atoms with Crippen molar-refractivity contribution in [2.45, 2.75) is 6.42 Å². The van der Waals surface area contributed by atoms with Crippen molar-refractivity contribution >= 4 is 28.4 Å². The molecule has 0 radical (unpaired) electrons. The summed E-state index contributed by atoms with van der Waals surface area (Å²) in [6, 6.07) is 8.82. The first-order valence-electron chi connectivity index (χ1n) is 11.9. The molecule has 0 saturated carbocycles. The lowest BCUT2D eigenvalue weighted by Gasteiger charge is -2.18. The lowest BCUT2D eigenvalue weighted by molar-refractivity contribution is -0.494. The number of hydrogen-bond donors (Lipinski definition) is 0. The Bertz CT molecular complexity index is 1660. The molecule has 0 bridgehead atoms. The van der Waals surface area contributed by atoms with Crippen molar-refractivity contribution in [3.63, 3.8) is 0 Å². The van der Waals surface area contributed by atoms with E-state index in [9.17, 15) is 29.0 Å². The van der Waals surface area contributed by atoms with Crippen LogP contribution < -0.4 is 0 Å². The number of hydrogen-bond acceptors (Lipinski definition) is 6. The molecule has 2 aliphatic rings. The normalized spacial score (nSPS) is 15.2. The molecule has 0 amide bonds. The van der Waals surface area contributed by atoms with Crippen LogP contribution in [0.4, 0.5) is 20.2 Å². The summed E-state index contributed by atoms with van der Waals surface area (Å²) < 4.78 is 35.8. The van der Waals surface area contributed by atoms with Crippen LogP contribution in [0.5, 0.6) is 0 Å². The van der Waals surface area contributed by atoms with Gasteiger partial charge in [-0.05, 0) is 65.3 Å². The molecule has 1 heterocycles. The van der Waals surface area contributed by atoms with Gasteiger partial charge in [0, 0.05) is 29.8 Å². The van der Waals surface area contributed by atoms with Crippen LogP contribution in [0.1, 0.15) is 17.5 Å². The van der Waals surface area contributed by atoms with Crippen molar-refractivity contribution in [2.75, 3.05) is 13.6 Å². The predicted octanol–water partition coefficient (Wildman–Crippen LogP) is 6.17. The van der Waals surface area contributed by atoms with Crippen LogP contribution in [-0.2, 0) is 4.74 Å². The molecule has 40 heavy (non-hydrogen) atoms. The van der Waals surface area contributed by atoms with Gasteiger partial charge in [-0.2, -0.15) is 14.0 Å². The Morgan fingerprint density at radius 2 is 1.50 bits per heavy atom. The molecule has 2 aromatic carbocycles. The third-order valence-corrected chi connectivity index (χ3v) is 6.05. The van der Waals surface area contributed by atoms with Gasteiger partial charge in [0.2, 0.25) is 11.6 Å². The third-order valence-electron chi connectivity index (χ3n) is 6.05. The Labute approximate surface area is 227 Å². The van der Waals surface area contributed by atoms with Crippen LogP contribution >= 0.6 is 0 Å². The Morgan fingerprint density at radius 1 is 0.900 bits per heavy atom. The maximum atomic E-state index is 14.0. The second-order valence-corrected chi connectivity index (χ2v) is 8.71. The fourth-order valence-corrected chi connectivity index (χ4v) is 3.92. The highest BCUT2D eigenvalue weighted by Crippen LogP contribution is 2.35. The van der Waals surface area contributed by atoms with Gasteiger partial charge in [-0.25, -0.2) is 4.58 Å². The molecule has 0 fully saturated rings. The summed E-state index contributed by atoms with van der Waals surface area (Å²) in [6.07, 6.45) is 14.4. The molecule has 0 unspecified atom stereocenters. The van der Waals surface area contributed by atoms with Gasteiger partial charge in [-0.1, -0.05) is 12.1 Å². The summed E-state index contributed by atoms with van der Waals surface area (Å²) in [5, 5.41) is 31.3. The van der Waals surface area contributed by atoms with Gasteiger partial charge in [0.05, 0.1) is 22.3 Å². The highest BCUT2D eigenvalue weighted by molar-refractivity contribution is 6.02. The molecule has 9 nitrogen and oxygen atoms in total. The lowest BCUT2D eigenvalue weighted by atomic mass is 9.99. The molecular weight excluding hydrogens is 522 g/mol. The number of nitriles is 1. The quantitative estimate of drug-likeness (QED) is 0.234. The van der Waals surface area contributed by atoms with Crippen molar-refractivity contribution in [3.8, 4) is 6.07 Å². The highest BCUT2D eigenvalue weighted by atomic mass is 19.1. The van der Waals surface area contributed by atoms with E-state index in [2.05, 4.69) is 6.07 Å². The van der Waals surface area contributed by atoms with E-state index in [-0.39, 0.29) is 17.1 Å². The van der Waals surface area contributed by atoms with E-state index >= 15 is 0 Å². The first-order valence-corrected chi connectivity index (χ1v) is 11.9. The van der Waals surface area contributed by atoms with E-state index in [1.807, 2.05) is 35.9 Å². The van der Waals surface area contributed by atoms with E-state index < -0.39 is 32.9 Å². The molecule has 1 aliphatic heterocycles. The van der Waals surface area contributed by atoms with Crippen LogP contribution in [0, 0.1) is 43.2 Å². The molecule has 0 aromatic heterocycles. The Morgan fingerprint density at radius 3 is 2.10 bits per heavy atom. The van der Waals surface area contributed by atoms with E-state index in [0.717, 1.165) is 35.6 Å². The molecule has 0 saturated heterocycles. The number of nitrogens with zero attached hydrogens (tertiary/aromatic N) is 4. The number of nitro groups is 2. The molecule has 1 aliphatic carbocycles. The summed E-state index contributed by atoms with van der Waals surface area (Å²) in [6.45, 7) is 0.587. The SMILES string of the molecule is C[N+](CCC#N)=C1C=CC(=CC=C2C=C(c3ccc(F)c([N+](=O)[O-])c3)C=C(c3ccc(F)c([N+](=O)[O-])c3)O2)C=C1. The van der Waals surface area contributed by atoms with E-state index in [1.54, 1.807) is 18.2 Å². The van der Waals surface area contributed by atoms with Crippen LogP contribution in [-0.4, -0.2) is 33.7 Å². The fraction of sp³-hybridized carbons (Fsp3) is 0.103. The molecule has 0 spiro atoms. The second kappa shape index (κ2) is 11.9. The summed E-state index contributed by atoms with van der Waals surface area (Å²) in [4.78, 5) is 20.9. The fourth-order valence-electron chi connectivity index (χ4n) is 3.92. The standard InChI is InChI=1S/C29H21F2N4O5/c1-33(14-2-13-32)23-8-3-19(4-9-23)5-10-24-15-22(20-6-11-25(30)27(16-20)34(36)37)18-29(40-24)21-7-12-26(31)28(17-21)35(38)39/h3-12,15-18H,2,14H2,1H3/q+1. The lowest BCUT2D eigenvalue weighted by Crippen LogP contribution is -2.16. The minimum atomic E-state index is -1.01. The third kappa shape index (κ3) is 6.31. The van der Waals surface area contributed by atoms with Gasteiger partial charge in [0.1, 0.15) is 18.6 Å². The zero-order valence-corrected chi connectivity index (χ0v) is 21.1. The minimum Gasteiger partial charge on any atom is -0.457 e. The maximum Gasteiger partial charge on any atom is 0.305 e. The second-order valence-electron chi connectivity index (χ2n) is 8.71. The average molecular weight is 544 g/mol. The van der Waals surface area contributed by atoms with Crippen LogP contribution in [0.3, 0.4) is 0 Å². The highest BCUT2D eigenvalue weighted by Gasteiger charge is 2.22. The van der Waals surface area contributed by atoms with Crippen molar-refractivity contribution in [2.24, 2.45) is 0 Å². The number of rotatable bonds is 7. The van der Waals surface area contributed by atoms with E-state index in [0.29, 0.717) is 24.1 Å². The number of halogens is 2. The van der Waals surface area contributed by atoms with Crippen LogP contribution in [0.2, 0.25) is 0 Å². The summed E-state index contributed by atoms with van der Waals surface area (Å²) >= 11 is 0. The van der Waals surface area contributed by atoms with Gasteiger partial charge in [0.15, 0.2) is 12.3 Å². The van der Waals surface area contributed by atoms with Crippen LogP contribution in [0.15, 0.2) is 96.3 Å². The zero-order valence-electron chi connectivity index (χ0n) is 21.1. The molecule has 200 valence electrons. The number of benzene rings is 2. The Balaban J connectivity index is 1.74. The number of nitro benzene ring substituents is 2. The topological polar surface area (TPSA) is 122 Å². The van der Waals surface area contributed by atoms with Crippen molar-refractivity contribution in [3.05, 3.63) is 139 Å². The van der Waals surface area contributed by atoms with Gasteiger partial charge in [0.25, 0.3) is 0 Å². The van der Waals surface area contributed by atoms with Crippen molar-refractivity contribution < 1.29 is 27.9 Å². The minimum absolute atomic E-state index is 0.127. The number of ether oxygens (including phenoxy) is 1. The van der Waals surface area contributed by atoms with Gasteiger partial charge < -0.3 is 4.74 Å². The molecule has 0 N–H and O–H groups in total. The van der Waals surface area contributed by atoms with Gasteiger partial charge >= 0.3 is 11.4 Å². The molecule has 0 atom stereocenters. The Kier molecular flexibility index (Phi) is 8.20. The molecule has 2 aromatic rings. The summed E-state index contributed by atoms with van der Waals surface area (Å²) in [5.74, 6) is -1.60. The van der Waals surface area contributed by atoms with E-state index in [4.69, 9.17) is 10.00 Å². The van der Waals surface area contributed by atoms with Crippen LogP contribution in [0.25, 0.3) is 11.3 Å². The van der Waals surface area contributed by atoms with E-state index in [1.165, 1.54) is 18.2 Å². The van der Waals surface area contributed by atoms with Gasteiger partial charge in [-0.15, -0.1) is 0 Å². The molecular formula is C29H21F2N4O5+. The number of allylic oxidation sites excluding steroid dienone is 10. The first-order chi connectivity index (χ1) is 19.2. The monoisotopic (exact) mass is 543 g/mol. The maximum absolute atomic E-state index is 14.0. The molecule has 11 heteroatoms. The van der Waals surface area contributed by atoms with Gasteiger partial charge in [-0.3, -0.25) is 20.2 Å². The smallest absolute Gasteiger partial charge is 0.305 e. The van der Waals surface area contributed by atoms with Crippen molar-refractivity contribution in [1.29, 1.82) is 5.26 Å².